The van der Waals surface area contributed by atoms with Crippen LogP contribution >= 0.6 is 0 Å². The van der Waals surface area contributed by atoms with Gasteiger partial charge >= 0.3 is 0 Å². The third-order valence-corrected chi connectivity index (χ3v) is 4.22. The standard InChI is InChI=1S/C15H20N2O/c16-13-6-7-14-12(9-13)5-8-15(18)17(14)10-11-3-1-2-4-11/h6-7,9,11H,1-5,8,10,16H2. The highest BCUT2D eigenvalue weighted by Crippen LogP contribution is 2.33. The van der Waals surface area contributed by atoms with Crippen LogP contribution in [-0.4, -0.2) is 12.5 Å². The lowest BCUT2D eigenvalue weighted by Crippen LogP contribution is -2.38. The Morgan fingerprint density at radius 3 is 2.78 bits per heavy atom. The molecule has 2 N–H and O–H groups in total. The lowest BCUT2D eigenvalue weighted by Gasteiger charge is -2.31. The largest absolute Gasteiger partial charge is 0.399 e. The summed E-state index contributed by atoms with van der Waals surface area (Å²) < 4.78 is 0. The monoisotopic (exact) mass is 244 g/mol. The summed E-state index contributed by atoms with van der Waals surface area (Å²) in [5.41, 5.74) is 8.94. The first-order valence-corrected chi connectivity index (χ1v) is 6.93. The fraction of sp³-hybridized carbons (Fsp3) is 0.533. The van der Waals surface area contributed by atoms with Gasteiger partial charge in [0.1, 0.15) is 0 Å². The molecule has 0 unspecified atom stereocenters. The Hall–Kier alpha value is -1.51. The molecule has 3 nitrogen and oxygen atoms in total. The Morgan fingerprint density at radius 2 is 2.00 bits per heavy atom. The van der Waals surface area contributed by atoms with Gasteiger partial charge in [-0.3, -0.25) is 4.79 Å². The second-order valence-corrected chi connectivity index (χ2v) is 5.54. The molecule has 1 fully saturated rings. The van der Waals surface area contributed by atoms with Crippen LogP contribution in [0.3, 0.4) is 0 Å². The zero-order valence-electron chi connectivity index (χ0n) is 10.7. The van der Waals surface area contributed by atoms with Crippen LogP contribution in [0.4, 0.5) is 11.4 Å². The maximum absolute atomic E-state index is 12.1. The highest BCUT2D eigenvalue weighted by atomic mass is 16.2. The zero-order chi connectivity index (χ0) is 12.5. The summed E-state index contributed by atoms with van der Waals surface area (Å²) >= 11 is 0. The summed E-state index contributed by atoms with van der Waals surface area (Å²) in [6.45, 7) is 0.899. The summed E-state index contributed by atoms with van der Waals surface area (Å²) in [4.78, 5) is 14.1. The van der Waals surface area contributed by atoms with Crippen LogP contribution in [0.2, 0.25) is 0 Å². The molecule has 1 aliphatic heterocycles. The van der Waals surface area contributed by atoms with Gasteiger partial charge in [0.05, 0.1) is 0 Å². The molecule has 1 aromatic carbocycles. The van der Waals surface area contributed by atoms with Crippen molar-refractivity contribution in [3.05, 3.63) is 23.8 Å². The van der Waals surface area contributed by atoms with Crippen LogP contribution in [0.25, 0.3) is 0 Å². The number of hydrogen-bond donors (Lipinski definition) is 1. The molecule has 1 aromatic rings. The SMILES string of the molecule is Nc1ccc2c(c1)CCC(=O)N2CC1CCCC1. The van der Waals surface area contributed by atoms with E-state index in [0.29, 0.717) is 12.3 Å². The van der Waals surface area contributed by atoms with Gasteiger partial charge in [0, 0.05) is 24.3 Å². The van der Waals surface area contributed by atoms with Gasteiger partial charge < -0.3 is 10.6 Å². The second kappa shape index (κ2) is 4.63. The Morgan fingerprint density at radius 1 is 1.22 bits per heavy atom. The summed E-state index contributed by atoms with van der Waals surface area (Å²) in [6, 6.07) is 5.93. The number of benzene rings is 1. The number of rotatable bonds is 2. The van der Waals surface area contributed by atoms with E-state index in [1.165, 1.54) is 31.2 Å². The van der Waals surface area contributed by atoms with Crippen LogP contribution in [-0.2, 0) is 11.2 Å². The number of hydrogen-bond acceptors (Lipinski definition) is 2. The molecule has 96 valence electrons. The Bertz CT molecular complexity index is 464. The maximum atomic E-state index is 12.1. The molecule has 1 heterocycles. The molecule has 0 radical (unpaired) electrons. The van der Waals surface area contributed by atoms with E-state index in [-0.39, 0.29) is 5.91 Å². The van der Waals surface area contributed by atoms with E-state index in [1.54, 1.807) is 0 Å². The summed E-state index contributed by atoms with van der Waals surface area (Å²) in [5, 5.41) is 0. The Labute approximate surface area is 108 Å². The topological polar surface area (TPSA) is 46.3 Å². The first-order valence-electron chi connectivity index (χ1n) is 6.93. The molecule has 1 amide bonds. The minimum absolute atomic E-state index is 0.277. The molecular weight excluding hydrogens is 224 g/mol. The van der Waals surface area contributed by atoms with Gasteiger partial charge in [-0.05, 0) is 48.9 Å². The Balaban J connectivity index is 1.86. The van der Waals surface area contributed by atoms with E-state index in [1.807, 2.05) is 23.1 Å². The van der Waals surface area contributed by atoms with E-state index in [9.17, 15) is 4.79 Å². The number of amides is 1. The molecule has 0 aromatic heterocycles. The van der Waals surface area contributed by atoms with E-state index in [2.05, 4.69) is 0 Å². The first-order chi connectivity index (χ1) is 8.74. The molecule has 18 heavy (non-hydrogen) atoms. The van der Waals surface area contributed by atoms with Crippen molar-refractivity contribution in [1.29, 1.82) is 0 Å². The predicted molar refractivity (Wildman–Crippen MR) is 73.5 cm³/mol. The average molecular weight is 244 g/mol. The summed E-state index contributed by atoms with van der Waals surface area (Å²) in [6.07, 6.45) is 6.65. The lowest BCUT2D eigenvalue weighted by molar-refractivity contribution is -0.119. The first kappa shape index (κ1) is 11.6. The number of nitrogen functional groups attached to an aromatic ring is 1. The smallest absolute Gasteiger partial charge is 0.227 e. The van der Waals surface area contributed by atoms with Gasteiger partial charge in [0.25, 0.3) is 0 Å². The van der Waals surface area contributed by atoms with Crippen LogP contribution in [0, 0.1) is 5.92 Å². The molecule has 2 aliphatic rings. The van der Waals surface area contributed by atoms with Crippen molar-refractivity contribution in [2.24, 2.45) is 5.92 Å². The highest BCUT2D eigenvalue weighted by Gasteiger charge is 2.27. The molecule has 0 bridgehead atoms. The summed E-state index contributed by atoms with van der Waals surface area (Å²) in [5.74, 6) is 0.969. The minimum Gasteiger partial charge on any atom is -0.399 e. The average Bonchev–Trinajstić information content (AvgIpc) is 2.86. The number of nitrogens with zero attached hydrogens (tertiary/aromatic N) is 1. The van der Waals surface area contributed by atoms with Crippen molar-refractivity contribution in [3.63, 3.8) is 0 Å². The number of anilines is 2. The molecule has 0 spiro atoms. The Kier molecular flexibility index (Phi) is 2.98. The third kappa shape index (κ3) is 2.09. The predicted octanol–water partition coefficient (Wildman–Crippen LogP) is 2.74. The van der Waals surface area contributed by atoms with Crippen LogP contribution in [0.1, 0.15) is 37.7 Å². The van der Waals surface area contributed by atoms with E-state index in [4.69, 9.17) is 5.73 Å². The van der Waals surface area contributed by atoms with Gasteiger partial charge in [0.15, 0.2) is 0 Å². The molecule has 0 atom stereocenters. The van der Waals surface area contributed by atoms with Gasteiger partial charge in [-0.2, -0.15) is 0 Å². The fourth-order valence-electron chi connectivity index (χ4n) is 3.23. The molecule has 1 saturated carbocycles. The van der Waals surface area contributed by atoms with Crippen LogP contribution in [0.15, 0.2) is 18.2 Å². The molecule has 1 aliphatic carbocycles. The number of fused-ring (bicyclic) bond motifs is 1. The van der Waals surface area contributed by atoms with Crippen molar-refractivity contribution in [3.8, 4) is 0 Å². The summed E-state index contributed by atoms with van der Waals surface area (Å²) in [7, 11) is 0. The fourth-order valence-corrected chi connectivity index (χ4v) is 3.23. The molecule has 3 heteroatoms. The number of aryl methyl sites for hydroxylation is 1. The molecule has 0 saturated heterocycles. The maximum Gasteiger partial charge on any atom is 0.227 e. The second-order valence-electron chi connectivity index (χ2n) is 5.54. The van der Waals surface area contributed by atoms with Crippen molar-refractivity contribution in [2.45, 2.75) is 38.5 Å². The number of nitrogens with two attached hydrogens (primary N) is 1. The molecule has 3 rings (SSSR count). The van der Waals surface area contributed by atoms with Crippen LogP contribution < -0.4 is 10.6 Å². The van der Waals surface area contributed by atoms with Gasteiger partial charge in [-0.15, -0.1) is 0 Å². The van der Waals surface area contributed by atoms with Crippen LogP contribution in [0.5, 0.6) is 0 Å². The van der Waals surface area contributed by atoms with Crippen molar-refractivity contribution < 1.29 is 4.79 Å². The van der Waals surface area contributed by atoms with Crippen molar-refractivity contribution >= 4 is 17.3 Å². The van der Waals surface area contributed by atoms with Gasteiger partial charge in [-0.25, -0.2) is 0 Å². The van der Waals surface area contributed by atoms with E-state index in [0.717, 1.165) is 24.3 Å². The van der Waals surface area contributed by atoms with E-state index < -0.39 is 0 Å². The zero-order valence-corrected chi connectivity index (χ0v) is 10.7. The highest BCUT2D eigenvalue weighted by molar-refractivity contribution is 5.96. The molecular formula is C15H20N2O. The normalized spacial score (nSPS) is 20.2. The van der Waals surface area contributed by atoms with E-state index >= 15 is 0 Å². The number of carbonyl (C=O) groups is 1. The van der Waals surface area contributed by atoms with Crippen molar-refractivity contribution in [2.75, 3.05) is 17.2 Å². The minimum atomic E-state index is 0.277. The van der Waals surface area contributed by atoms with Crippen molar-refractivity contribution in [1.82, 2.24) is 0 Å². The lowest BCUT2D eigenvalue weighted by atomic mass is 9.98. The van der Waals surface area contributed by atoms with Gasteiger partial charge in [-0.1, -0.05) is 12.8 Å². The third-order valence-electron chi connectivity index (χ3n) is 4.22. The van der Waals surface area contributed by atoms with Gasteiger partial charge in [0.2, 0.25) is 5.91 Å². The quantitative estimate of drug-likeness (QED) is 0.813. The number of carbonyl (C=O) groups excluding carboxylic acids is 1.